The standard InChI is InChI=1S/C35H69NO3/c1-3-5-7-9-11-13-15-17-19-21-23-25-27-30-34(37)36-32-29-33-39-35(38)31-28-26-24-22-20-18-16-14-12-10-8-6-4-2/h3-33H2,1-2H3,(H,36,37). The molecule has 0 saturated heterocycles. The van der Waals surface area contributed by atoms with Gasteiger partial charge in [0, 0.05) is 19.4 Å². The molecule has 0 heterocycles. The minimum atomic E-state index is -0.0867. The summed E-state index contributed by atoms with van der Waals surface area (Å²) in [6.07, 6.45) is 36.1. The van der Waals surface area contributed by atoms with Crippen molar-refractivity contribution >= 4 is 11.9 Å². The van der Waals surface area contributed by atoms with E-state index in [9.17, 15) is 9.59 Å². The lowest BCUT2D eigenvalue weighted by molar-refractivity contribution is -0.143. The monoisotopic (exact) mass is 552 g/mol. The first-order chi connectivity index (χ1) is 19.2. The molecule has 1 N–H and O–H groups in total. The Morgan fingerprint density at radius 1 is 0.436 bits per heavy atom. The van der Waals surface area contributed by atoms with Crippen molar-refractivity contribution in [2.75, 3.05) is 13.2 Å². The van der Waals surface area contributed by atoms with E-state index < -0.39 is 0 Å². The van der Waals surface area contributed by atoms with Gasteiger partial charge in [-0.25, -0.2) is 0 Å². The molecule has 1 amide bonds. The predicted molar refractivity (Wildman–Crippen MR) is 169 cm³/mol. The maximum atomic E-state index is 12.0. The van der Waals surface area contributed by atoms with E-state index in [1.54, 1.807) is 0 Å². The number of nitrogens with one attached hydrogen (secondary N) is 1. The van der Waals surface area contributed by atoms with Crippen molar-refractivity contribution in [1.82, 2.24) is 5.32 Å². The maximum Gasteiger partial charge on any atom is 0.305 e. The van der Waals surface area contributed by atoms with E-state index in [2.05, 4.69) is 19.2 Å². The minimum absolute atomic E-state index is 0.0867. The number of ether oxygens (including phenoxy) is 1. The third-order valence-electron chi connectivity index (χ3n) is 7.90. The van der Waals surface area contributed by atoms with Gasteiger partial charge < -0.3 is 10.1 Å². The fourth-order valence-electron chi connectivity index (χ4n) is 5.24. The van der Waals surface area contributed by atoms with Crippen LogP contribution in [0.15, 0.2) is 0 Å². The summed E-state index contributed by atoms with van der Waals surface area (Å²) in [6, 6.07) is 0. The molecule has 0 aliphatic heterocycles. The number of unbranched alkanes of at least 4 members (excludes halogenated alkanes) is 24. The molecule has 0 unspecified atom stereocenters. The SMILES string of the molecule is CCCCCCCCCCCCCCCC(=O)NCCCOC(=O)CCCCCCCCCCCCCCC. The molecule has 0 aliphatic carbocycles. The second kappa shape index (κ2) is 33.1. The molecule has 0 fully saturated rings. The molecule has 0 bridgehead atoms. The first kappa shape index (κ1) is 37.9. The van der Waals surface area contributed by atoms with E-state index in [0.717, 1.165) is 25.7 Å². The van der Waals surface area contributed by atoms with Gasteiger partial charge in [-0.15, -0.1) is 0 Å². The van der Waals surface area contributed by atoms with Gasteiger partial charge in [-0.1, -0.05) is 168 Å². The maximum absolute atomic E-state index is 12.0. The lowest BCUT2D eigenvalue weighted by Gasteiger charge is -2.07. The third-order valence-corrected chi connectivity index (χ3v) is 7.90. The number of hydrogen-bond acceptors (Lipinski definition) is 3. The van der Waals surface area contributed by atoms with Gasteiger partial charge in [0.15, 0.2) is 0 Å². The number of amides is 1. The van der Waals surface area contributed by atoms with Crippen LogP contribution >= 0.6 is 0 Å². The van der Waals surface area contributed by atoms with E-state index in [-0.39, 0.29) is 11.9 Å². The molecular weight excluding hydrogens is 482 g/mol. The van der Waals surface area contributed by atoms with E-state index in [0.29, 0.717) is 32.4 Å². The largest absolute Gasteiger partial charge is 0.466 e. The highest BCUT2D eigenvalue weighted by Gasteiger charge is 2.04. The molecule has 0 radical (unpaired) electrons. The van der Waals surface area contributed by atoms with Gasteiger partial charge in [0.05, 0.1) is 6.61 Å². The molecule has 4 heteroatoms. The second-order valence-electron chi connectivity index (χ2n) is 11.9. The minimum Gasteiger partial charge on any atom is -0.466 e. The fraction of sp³-hybridized carbons (Fsp3) is 0.943. The molecule has 39 heavy (non-hydrogen) atoms. The second-order valence-corrected chi connectivity index (χ2v) is 11.9. The first-order valence-corrected chi connectivity index (χ1v) is 17.6. The van der Waals surface area contributed by atoms with Gasteiger partial charge in [0.2, 0.25) is 5.91 Å². The van der Waals surface area contributed by atoms with E-state index in [1.165, 1.54) is 141 Å². The molecule has 0 aromatic carbocycles. The van der Waals surface area contributed by atoms with Gasteiger partial charge in [-0.05, 0) is 19.3 Å². The van der Waals surface area contributed by atoms with Crippen LogP contribution in [0, 0.1) is 0 Å². The predicted octanol–water partition coefficient (Wildman–Crippen LogP) is 11.0. The number of rotatable bonds is 32. The molecule has 232 valence electrons. The highest BCUT2D eigenvalue weighted by atomic mass is 16.5. The lowest BCUT2D eigenvalue weighted by atomic mass is 10.0. The van der Waals surface area contributed by atoms with Crippen LogP contribution in [-0.2, 0) is 14.3 Å². The quantitative estimate of drug-likeness (QED) is 0.0668. The zero-order chi connectivity index (χ0) is 28.5. The van der Waals surface area contributed by atoms with E-state index in [4.69, 9.17) is 4.74 Å². The van der Waals surface area contributed by atoms with Crippen molar-refractivity contribution < 1.29 is 14.3 Å². The van der Waals surface area contributed by atoms with Crippen molar-refractivity contribution in [2.45, 2.75) is 200 Å². The molecule has 0 atom stereocenters. The Hall–Kier alpha value is -1.06. The molecule has 0 rings (SSSR count). The zero-order valence-corrected chi connectivity index (χ0v) is 26.6. The molecular formula is C35H69NO3. The Balaban J connectivity index is 3.26. The van der Waals surface area contributed by atoms with Crippen molar-refractivity contribution in [3.05, 3.63) is 0 Å². The van der Waals surface area contributed by atoms with Crippen LogP contribution in [0.5, 0.6) is 0 Å². The van der Waals surface area contributed by atoms with Gasteiger partial charge in [-0.3, -0.25) is 9.59 Å². The molecule has 0 aromatic rings. The van der Waals surface area contributed by atoms with Crippen molar-refractivity contribution in [1.29, 1.82) is 0 Å². The van der Waals surface area contributed by atoms with E-state index in [1.807, 2.05) is 0 Å². The summed E-state index contributed by atoms with van der Waals surface area (Å²) in [5, 5.41) is 2.97. The summed E-state index contributed by atoms with van der Waals surface area (Å²) >= 11 is 0. The van der Waals surface area contributed by atoms with Crippen LogP contribution in [0.25, 0.3) is 0 Å². The zero-order valence-electron chi connectivity index (χ0n) is 26.6. The molecule has 0 spiro atoms. The van der Waals surface area contributed by atoms with Crippen LogP contribution < -0.4 is 5.32 Å². The van der Waals surface area contributed by atoms with Crippen molar-refractivity contribution in [3.63, 3.8) is 0 Å². The highest BCUT2D eigenvalue weighted by Crippen LogP contribution is 2.14. The smallest absolute Gasteiger partial charge is 0.305 e. The molecule has 0 aliphatic rings. The number of hydrogen-bond donors (Lipinski definition) is 1. The third kappa shape index (κ3) is 33.0. The summed E-state index contributed by atoms with van der Waals surface area (Å²) in [6.45, 7) is 5.56. The van der Waals surface area contributed by atoms with Crippen LogP contribution in [-0.4, -0.2) is 25.0 Å². The Morgan fingerprint density at radius 2 is 0.769 bits per heavy atom. The average molecular weight is 552 g/mol. The van der Waals surface area contributed by atoms with Gasteiger partial charge in [0.25, 0.3) is 0 Å². The summed E-state index contributed by atoms with van der Waals surface area (Å²) < 4.78 is 5.32. The molecule has 0 saturated carbocycles. The van der Waals surface area contributed by atoms with Gasteiger partial charge in [0.1, 0.15) is 0 Å². The topological polar surface area (TPSA) is 55.4 Å². The molecule has 4 nitrogen and oxygen atoms in total. The highest BCUT2D eigenvalue weighted by molar-refractivity contribution is 5.75. The Labute approximate surface area is 244 Å². The molecule has 0 aromatic heterocycles. The fourth-order valence-corrected chi connectivity index (χ4v) is 5.24. The normalized spacial score (nSPS) is 11.1. The van der Waals surface area contributed by atoms with Crippen molar-refractivity contribution in [2.24, 2.45) is 0 Å². The first-order valence-electron chi connectivity index (χ1n) is 17.6. The van der Waals surface area contributed by atoms with Crippen LogP contribution in [0.4, 0.5) is 0 Å². The van der Waals surface area contributed by atoms with Crippen LogP contribution in [0.1, 0.15) is 200 Å². The van der Waals surface area contributed by atoms with Gasteiger partial charge in [-0.2, -0.15) is 0 Å². The Kier molecular flexibility index (Phi) is 32.2. The Bertz CT molecular complexity index is 464. The van der Waals surface area contributed by atoms with Crippen LogP contribution in [0.2, 0.25) is 0 Å². The average Bonchev–Trinajstić information content (AvgIpc) is 2.93. The summed E-state index contributed by atoms with van der Waals surface area (Å²) in [5.74, 6) is 0.0488. The Morgan fingerprint density at radius 3 is 1.15 bits per heavy atom. The number of esters is 1. The lowest BCUT2D eigenvalue weighted by Crippen LogP contribution is -2.25. The summed E-state index contributed by atoms with van der Waals surface area (Å²) in [4.78, 5) is 23.9. The van der Waals surface area contributed by atoms with E-state index >= 15 is 0 Å². The summed E-state index contributed by atoms with van der Waals surface area (Å²) in [7, 11) is 0. The van der Waals surface area contributed by atoms with Crippen molar-refractivity contribution in [3.8, 4) is 0 Å². The van der Waals surface area contributed by atoms with Crippen LogP contribution in [0.3, 0.4) is 0 Å². The number of carbonyl (C=O) groups excluding carboxylic acids is 2. The number of carbonyl (C=O) groups is 2. The summed E-state index contributed by atoms with van der Waals surface area (Å²) in [5.41, 5.74) is 0. The van der Waals surface area contributed by atoms with Gasteiger partial charge >= 0.3 is 5.97 Å².